The Bertz CT molecular complexity index is 1080. The number of fused-ring (bicyclic) bond motifs is 1. The molecule has 0 unspecified atom stereocenters. The van der Waals surface area contributed by atoms with Crippen LogP contribution < -0.4 is 5.32 Å². The molecule has 11 nitrogen and oxygen atoms in total. The van der Waals surface area contributed by atoms with Gasteiger partial charge in [-0.2, -0.15) is 14.5 Å². The van der Waals surface area contributed by atoms with Crippen LogP contribution in [-0.4, -0.2) is 43.0 Å². The standard InChI is InChI=1S/C16H13FN6O5/c1-2-12-10(6-18-16-19-8-20-22(12)16)15(25)28-7-14(24)21-9-3-4-11(17)13(5-9)23(26)27/h3-6,8H,2,7H2,1H3,(H,21,24). The van der Waals surface area contributed by atoms with Crippen molar-refractivity contribution >= 4 is 29.0 Å². The van der Waals surface area contributed by atoms with Gasteiger partial charge in [0, 0.05) is 18.0 Å². The van der Waals surface area contributed by atoms with Gasteiger partial charge in [-0.05, 0) is 18.6 Å². The van der Waals surface area contributed by atoms with E-state index in [1.807, 2.05) is 0 Å². The quantitative estimate of drug-likeness (QED) is 0.381. The fourth-order valence-corrected chi connectivity index (χ4v) is 2.47. The molecule has 28 heavy (non-hydrogen) atoms. The van der Waals surface area contributed by atoms with Gasteiger partial charge in [-0.15, -0.1) is 0 Å². The van der Waals surface area contributed by atoms with E-state index in [0.717, 1.165) is 18.2 Å². The highest BCUT2D eigenvalue weighted by Crippen LogP contribution is 2.21. The summed E-state index contributed by atoms with van der Waals surface area (Å²) in [7, 11) is 0. The summed E-state index contributed by atoms with van der Waals surface area (Å²) in [5.41, 5.74) is -0.142. The van der Waals surface area contributed by atoms with Crippen molar-refractivity contribution in [3.63, 3.8) is 0 Å². The monoisotopic (exact) mass is 388 g/mol. The second-order valence-electron chi connectivity index (χ2n) is 5.49. The van der Waals surface area contributed by atoms with Crippen LogP contribution in [0.1, 0.15) is 23.0 Å². The van der Waals surface area contributed by atoms with Gasteiger partial charge in [-0.3, -0.25) is 14.9 Å². The number of nitro benzene ring substituents is 1. The van der Waals surface area contributed by atoms with Crippen LogP contribution in [-0.2, 0) is 16.0 Å². The largest absolute Gasteiger partial charge is 0.452 e. The second-order valence-corrected chi connectivity index (χ2v) is 5.49. The van der Waals surface area contributed by atoms with E-state index in [-0.39, 0.29) is 11.3 Å². The van der Waals surface area contributed by atoms with Crippen molar-refractivity contribution in [3.8, 4) is 0 Å². The van der Waals surface area contributed by atoms with E-state index < -0.39 is 34.9 Å². The molecule has 0 spiro atoms. The first-order valence-corrected chi connectivity index (χ1v) is 7.99. The Morgan fingerprint density at radius 3 is 2.86 bits per heavy atom. The zero-order chi connectivity index (χ0) is 20.3. The summed E-state index contributed by atoms with van der Waals surface area (Å²) in [5, 5.41) is 17.0. The lowest BCUT2D eigenvalue weighted by Crippen LogP contribution is -2.22. The third-order valence-corrected chi connectivity index (χ3v) is 3.72. The number of rotatable bonds is 6. The highest BCUT2D eigenvalue weighted by Gasteiger charge is 2.19. The molecule has 144 valence electrons. The molecule has 1 aromatic carbocycles. The first-order chi connectivity index (χ1) is 13.4. The average Bonchev–Trinajstić information content (AvgIpc) is 3.15. The molecule has 0 aliphatic heterocycles. The third kappa shape index (κ3) is 3.75. The number of carbonyl (C=O) groups is 2. The maximum atomic E-state index is 13.3. The first-order valence-electron chi connectivity index (χ1n) is 7.99. The van der Waals surface area contributed by atoms with Gasteiger partial charge in [0.25, 0.3) is 11.7 Å². The Hall–Kier alpha value is -3.96. The molecule has 12 heteroatoms. The van der Waals surface area contributed by atoms with Crippen LogP contribution in [0.3, 0.4) is 0 Å². The number of nitrogens with one attached hydrogen (secondary N) is 1. The summed E-state index contributed by atoms with van der Waals surface area (Å²) < 4.78 is 19.7. The van der Waals surface area contributed by atoms with Crippen LogP contribution in [0.5, 0.6) is 0 Å². The number of halogens is 1. The number of aryl methyl sites for hydroxylation is 1. The third-order valence-electron chi connectivity index (χ3n) is 3.72. The molecule has 0 saturated heterocycles. The molecule has 0 saturated carbocycles. The zero-order valence-corrected chi connectivity index (χ0v) is 14.5. The second kappa shape index (κ2) is 7.73. The number of carbonyl (C=O) groups excluding carboxylic acids is 2. The molecule has 0 fully saturated rings. The molecular weight excluding hydrogens is 375 g/mol. The molecule has 1 amide bonds. The summed E-state index contributed by atoms with van der Waals surface area (Å²) in [4.78, 5) is 42.0. The minimum atomic E-state index is -1.03. The van der Waals surface area contributed by atoms with Crippen molar-refractivity contribution in [2.24, 2.45) is 0 Å². The molecule has 3 rings (SSSR count). The molecule has 0 aliphatic carbocycles. The number of benzene rings is 1. The molecule has 0 atom stereocenters. The Balaban J connectivity index is 1.67. The first kappa shape index (κ1) is 18.8. The Labute approximate surface area is 156 Å². The van der Waals surface area contributed by atoms with Crippen molar-refractivity contribution in [2.45, 2.75) is 13.3 Å². The molecule has 1 N–H and O–H groups in total. The Morgan fingerprint density at radius 2 is 2.14 bits per heavy atom. The highest BCUT2D eigenvalue weighted by atomic mass is 19.1. The number of hydrogen-bond acceptors (Lipinski definition) is 8. The van der Waals surface area contributed by atoms with E-state index >= 15 is 0 Å². The number of esters is 1. The number of anilines is 1. The molecule has 2 aromatic heterocycles. The van der Waals surface area contributed by atoms with Crippen LogP contribution in [0.15, 0.2) is 30.7 Å². The average molecular weight is 388 g/mol. The number of nitrogens with zero attached hydrogens (tertiary/aromatic N) is 5. The van der Waals surface area contributed by atoms with Crippen molar-refractivity contribution in [2.75, 3.05) is 11.9 Å². The summed E-state index contributed by atoms with van der Waals surface area (Å²) >= 11 is 0. The predicted molar refractivity (Wildman–Crippen MR) is 92.1 cm³/mol. The van der Waals surface area contributed by atoms with Gasteiger partial charge in [0.1, 0.15) is 6.33 Å². The fraction of sp³-hybridized carbons (Fsp3) is 0.188. The van der Waals surface area contributed by atoms with E-state index in [9.17, 15) is 24.1 Å². The number of ether oxygens (including phenoxy) is 1. The van der Waals surface area contributed by atoms with Crippen molar-refractivity contribution < 1.29 is 23.6 Å². The molecule has 0 radical (unpaired) electrons. The van der Waals surface area contributed by atoms with E-state index in [1.54, 1.807) is 6.92 Å². The van der Waals surface area contributed by atoms with Crippen LogP contribution in [0.4, 0.5) is 15.8 Å². The summed E-state index contributed by atoms with van der Waals surface area (Å²) in [6, 6.07) is 2.87. The van der Waals surface area contributed by atoms with E-state index in [1.165, 1.54) is 17.0 Å². The van der Waals surface area contributed by atoms with Gasteiger partial charge in [-0.25, -0.2) is 14.3 Å². The minimum absolute atomic E-state index is 0.00546. The normalized spacial score (nSPS) is 10.6. The van der Waals surface area contributed by atoms with E-state index in [4.69, 9.17) is 4.74 Å². The Kier molecular flexibility index (Phi) is 5.20. The molecule has 3 aromatic rings. The SMILES string of the molecule is CCc1c(C(=O)OCC(=O)Nc2ccc(F)c([N+](=O)[O-])c2)cnc2ncnn12. The molecule has 2 heterocycles. The maximum absolute atomic E-state index is 13.3. The summed E-state index contributed by atoms with van der Waals surface area (Å²) in [6.45, 7) is 1.16. The molecule has 0 bridgehead atoms. The summed E-state index contributed by atoms with van der Waals surface area (Å²) in [6.07, 6.45) is 3.02. The van der Waals surface area contributed by atoms with Crippen molar-refractivity contribution in [1.82, 2.24) is 19.6 Å². The van der Waals surface area contributed by atoms with Crippen molar-refractivity contribution in [3.05, 3.63) is 57.9 Å². The lowest BCUT2D eigenvalue weighted by atomic mass is 10.2. The van der Waals surface area contributed by atoms with Crippen LogP contribution in [0.2, 0.25) is 0 Å². The van der Waals surface area contributed by atoms with Gasteiger partial charge in [0.2, 0.25) is 5.82 Å². The number of nitro groups is 1. The maximum Gasteiger partial charge on any atom is 0.342 e. The fourth-order valence-electron chi connectivity index (χ4n) is 2.47. The lowest BCUT2D eigenvalue weighted by molar-refractivity contribution is -0.387. The molecule has 0 aliphatic rings. The van der Waals surface area contributed by atoms with Crippen LogP contribution in [0, 0.1) is 15.9 Å². The number of aromatic nitrogens is 4. The minimum Gasteiger partial charge on any atom is -0.452 e. The number of amides is 1. The Morgan fingerprint density at radius 1 is 1.36 bits per heavy atom. The van der Waals surface area contributed by atoms with Crippen LogP contribution >= 0.6 is 0 Å². The lowest BCUT2D eigenvalue weighted by Gasteiger charge is -2.09. The van der Waals surface area contributed by atoms with E-state index in [2.05, 4.69) is 20.4 Å². The topological polar surface area (TPSA) is 142 Å². The summed E-state index contributed by atoms with van der Waals surface area (Å²) in [5.74, 6) is -2.24. The van der Waals surface area contributed by atoms with Crippen molar-refractivity contribution in [1.29, 1.82) is 0 Å². The van der Waals surface area contributed by atoms with Gasteiger partial charge in [-0.1, -0.05) is 6.92 Å². The zero-order valence-electron chi connectivity index (χ0n) is 14.5. The molecular formula is C16H13FN6O5. The van der Waals surface area contributed by atoms with Gasteiger partial charge >= 0.3 is 11.7 Å². The predicted octanol–water partition coefficient (Wildman–Crippen LogP) is 1.53. The highest BCUT2D eigenvalue weighted by molar-refractivity contribution is 5.96. The van der Waals surface area contributed by atoms with Gasteiger partial charge < -0.3 is 10.1 Å². The van der Waals surface area contributed by atoms with Crippen LogP contribution in [0.25, 0.3) is 5.78 Å². The smallest absolute Gasteiger partial charge is 0.342 e. The van der Waals surface area contributed by atoms with Gasteiger partial charge in [0.15, 0.2) is 6.61 Å². The van der Waals surface area contributed by atoms with Gasteiger partial charge in [0.05, 0.1) is 16.2 Å². The van der Waals surface area contributed by atoms with E-state index in [0.29, 0.717) is 17.9 Å². The number of hydrogen-bond donors (Lipinski definition) is 1.